The van der Waals surface area contributed by atoms with Crippen molar-refractivity contribution in [3.8, 4) is 0 Å². The molecule has 0 radical (unpaired) electrons. The van der Waals surface area contributed by atoms with Crippen LogP contribution in [0.2, 0.25) is 0 Å². The number of para-hydroxylation sites is 1. The number of amides is 1. The van der Waals surface area contributed by atoms with E-state index in [2.05, 4.69) is 23.7 Å². The molecule has 96 valence electrons. The van der Waals surface area contributed by atoms with E-state index in [-0.39, 0.29) is 11.9 Å². The summed E-state index contributed by atoms with van der Waals surface area (Å²) in [4.78, 5) is 20.6. The molecular weight excluding hydrogens is 226 g/mol. The van der Waals surface area contributed by atoms with Crippen LogP contribution >= 0.6 is 0 Å². The monoisotopic (exact) mass is 245 g/mol. The summed E-state index contributed by atoms with van der Waals surface area (Å²) in [6.45, 7) is 7.68. The Balaban J connectivity index is 2.38. The molecule has 1 unspecified atom stereocenters. The Labute approximate surface area is 108 Å². The smallest absolute Gasteiger partial charge is 0.258 e. The van der Waals surface area contributed by atoms with Crippen molar-refractivity contribution in [3.63, 3.8) is 0 Å². The van der Waals surface area contributed by atoms with Crippen molar-refractivity contribution >= 4 is 17.6 Å². The van der Waals surface area contributed by atoms with Crippen molar-refractivity contribution in [1.29, 1.82) is 0 Å². The standard InChI is InChI=1S/C14H19N3O/c1-4-16(5-2)14-15-11(3)13(18)17(14)12-9-7-6-8-10-12/h6-11H,4-5H2,1-3H3. The fourth-order valence-corrected chi connectivity index (χ4v) is 2.12. The summed E-state index contributed by atoms with van der Waals surface area (Å²) < 4.78 is 0. The number of guanidine groups is 1. The predicted molar refractivity (Wildman–Crippen MR) is 73.7 cm³/mol. The molecule has 1 aromatic rings. The first-order valence-electron chi connectivity index (χ1n) is 6.40. The van der Waals surface area contributed by atoms with Gasteiger partial charge < -0.3 is 4.90 Å². The zero-order chi connectivity index (χ0) is 13.1. The molecule has 0 N–H and O–H groups in total. The summed E-state index contributed by atoms with van der Waals surface area (Å²) >= 11 is 0. The first kappa shape index (κ1) is 12.6. The lowest BCUT2D eigenvalue weighted by atomic mass is 10.2. The van der Waals surface area contributed by atoms with Gasteiger partial charge in [-0.1, -0.05) is 18.2 Å². The van der Waals surface area contributed by atoms with Crippen LogP contribution in [0, 0.1) is 0 Å². The van der Waals surface area contributed by atoms with E-state index in [9.17, 15) is 4.79 Å². The van der Waals surface area contributed by atoms with Crippen molar-refractivity contribution in [1.82, 2.24) is 4.90 Å². The van der Waals surface area contributed by atoms with E-state index in [1.54, 1.807) is 4.90 Å². The Hall–Kier alpha value is -1.84. The van der Waals surface area contributed by atoms with Gasteiger partial charge in [-0.05, 0) is 32.9 Å². The van der Waals surface area contributed by atoms with Gasteiger partial charge in [-0.15, -0.1) is 0 Å². The van der Waals surface area contributed by atoms with Crippen LogP contribution in [0.1, 0.15) is 20.8 Å². The Bertz CT molecular complexity index is 451. The van der Waals surface area contributed by atoms with Gasteiger partial charge >= 0.3 is 0 Å². The molecule has 0 saturated heterocycles. The number of nitrogens with zero attached hydrogens (tertiary/aromatic N) is 3. The lowest BCUT2D eigenvalue weighted by Gasteiger charge is -2.27. The fourth-order valence-electron chi connectivity index (χ4n) is 2.12. The molecule has 0 spiro atoms. The van der Waals surface area contributed by atoms with Crippen LogP contribution in [-0.2, 0) is 4.79 Å². The van der Waals surface area contributed by atoms with Crippen LogP contribution in [0.25, 0.3) is 0 Å². The molecule has 0 saturated carbocycles. The molecule has 0 aromatic heterocycles. The summed E-state index contributed by atoms with van der Waals surface area (Å²) in [5.74, 6) is 0.812. The van der Waals surface area contributed by atoms with Gasteiger partial charge in [0.1, 0.15) is 6.04 Å². The SMILES string of the molecule is CCN(CC)C1=NC(C)C(=O)N1c1ccccc1. The minimum Gasteiger partial charge on any atom is -0.343 e. The molecule has 1 aliphatic rings. The second kappa shape index (κ2) is 5.21. The zero-order valence-corrected chi connectivity index (χ0v) is 11.1. The second-order valence-electron chi connectivity index (χ2n) is 4.29. The topological polar surface area (TPSA) is 35.9 Å². The molecule has 18 heavy (non-hydrogen) atoms. The number of aliphatic imine (C=N–C) groups is 1. The molecule has 1 atom stereocenters. The molecule has 4 heteroatoms. The minimum absolute atomic E-state index is 0.0445. The number of carbonyl (C=O) groups is 1. The van der Waals surface area contributed by atoms with Gasteiger partial charge in [0.15, 0.2) is 0 Å². The highest BCUT2D eigenvalue weighted by Gasteiger charge is 2.34. The Morgan fingerprint density at radius 3 is 2.39 bits per heavy atom. The van der Waals surface area contributed by atoms with E-state index in [0.717, 1.165) is 24.7 Å². The zero-order valence-electron chi connectivity index (χ0n) is 11.1. The first-order valence-corrected chi connectivity index (χ1v) is 6.40. The van der Waals surface area contributed by atoms with Gasteiger partial charge in [-0.3, -0.25) is 4.79 Å². The molecule has 0 bridgehead atoms. The van der Waals surface area contributed by atoms with Crippen LogP contribution in [0.4, 0.5) is 5.69 Å². The maximum atomic E-state index is 12.2. The predicted octanol–water partition coefficient (Wildman–Crippen LogP) is 2.12. The van der Waals surface area contributed by atoms with Crippen molar-refractivity contribution in [2.24, 2.45) is 4.99 Å². The largest absolute Gasteiger partial charge is 0.343 e. The number of carbonyl (C=O) groups excluding carboxylic acids is 1. The summed E-state index contributed by atoms with van der Waals surface area (Å²) in [6.07, 6.45) is 0. The van der Waals surface area contributed by atoms with Crippen molar-refractivity contribution in [2.75, 3.05) is 18.0 Å². The molecule has 0 fully saturated rings. The highest BCUT2D eigenvalue weighted by atomic mass is 16.2. The van der Waals surface area contributed by atoms with E-state index in [1.807, 2.05) is 37.3 Å². The van der Waals surface area contributed by atoms with Crippen LogP contribution in [-0.4, -0.2) is 35.9 Å². The summed E-state index contributed by atoms with van der Waals surface area (Å²) in [6, 6.07) is 9.41. The molecule has 4 nitrogen and oxygen atoms in total. The van der Waals surface area contributed by atoms with Crippen LogP contribution in [0.5, 0.6) is 0 Å². The van der Waals surface area contributed by atoms with E-state index in [0.29, 0.717) is 0 Å². The van der Waals surface area contributed by atoms with Crippen molar-refractivity contribution in [2.45, 2.75) is 26.8 Å². The second-order valence-corrected chi connectivity index (χ2v) is 4.29. The Kier molecular flexibility index (Phi) is 3.65. The number of hydrogen-bond donors (Lipinski definition) is 0. The van der Waals surface area contributed by atoms with Gasteiger partial charge in [0.05, 0.1) is 5.69 Å². The van der Waals surface area contributed by atoms with E-state index >= 15 is 0 Å². The normalized spacial score (nSPS) is 19.1. The average molecular weight is 245 g/mol. The number of benzene rings is 1. The Morgan fingerprint density at radius 2 is 1.83 bits per heavy atom. The third kappa shape index (κ3) is 2.10. The summed E-state index contributed by atoms with van der Waals surface area (Å²) in [5, 5.41) is 0. The molecule has 1 amide bonds. The van der Waals surface area contributed by atoms with E-state index < -0.39 is 0 Å². The van der Waals surface area contributed by atoms with E-state index in [4.69, 9.17) is 0 Å². The molecule has 2 rings (SSSR count). The highest BCUT2D eigenvalue weighted by Crippen LogP contribution is 2.22. The highest BCUT2D eigenvalue weighted by molar-refractivity contribution is 6.21. The lowest BCUT2D eigenvalue weighted by Crippen LogP contribution is -2.44. The molecular formula is C14H19N3O. The van der Waals surface area contributed by atoms with Crippen LogP contribution in [0.3, 0.4) is 0 Å². The van der Waals surface area contributed by atoms with Gasteiger partial charge in [0.25, 0.3) is 5.91 Å². The maximum absolute atomic E-state index is 12.2. The minimum atomic E-state index is -0.291. The van der Waals surface area contributed by atoms with Gasteiger partial charge in [-0.25, -0.2) is 9.89 Å². The first-order chi connectivity index (χ1) is 8.69. The molecule has 1 heterocycles. The molecule has 1 aliphatic heterocycles. The third-order valence-electron chi connectivity index (χ3n) is 3.15. The number of rotatable bonds is 3. The lowest BCUT2D eigenvalue weighted by molar-refractivity contribution is -0.117. The van der Waals surface area contributed by atoms with Crippen LogP contribution < -0.4 is 4.90 Å². The van der Waals surface area contributed by atoms with Crippen LogP contribution in [0.15, 0.2) is 35.3 Å². The van der Waals surface area contributed by atoms with Gasteiger partial charge in [-0.2, -0.15) is 0 Å². The molecule has 0 aliphatic carbocycles. The molecule has 1 aromatic carbocycles. The van der Waals surface area contributed by atoms with Gasteiger partial charge in [0.2, 0.25) is 5.96 Å². The average Bonchev–Trinajstić information content (AvgIpc) is 2.68. The number of hydrogen-bond acceptors (Lipinski definition) is 3. The third-order valence-corrected chi connectivity index (χ3v) is 3.15. The van der Waals surface area contributed by atoms with Gasteiger partial charge in [0, 0.05) is 13.1 Å². The maximum Gasteiger partial charge on any atom is 0.258 e. The quantitative estimate of drug-likeness (QED) is 0.817. The number of anilines is 1. The Morgan fingerprint density at radius 1 is 1.22 bits per heavy atom. The summed E-state index contributed by atoms with van der Waals surface area (Å²) in [7, 11) is 0. The van der Waals surface area contributed by atoms with E-state index in [1.165, 1.54) is 0 Å². The summed E-state index contributed by atoms with van der Waals surface area (Å²) in [5.41, 5.74) is 0.887. The fraction of sp³-hybridized carbons (Fsp3) is 0.429. The van der Waals surface area contributed by atoms with Crippen molar-refractivity contribution < 1.29 is 4.79 Å². The van der Waals surface area contributed by atoms with Crippen molar-refractivity contribution in [3.05, 3.63) is 30.3 Å².